The second-order valence-electron chi connectivity index (χ2n) is 9.34. The van der Waals surface area contributed by atoms with Crippen LogP contribution >= 0.6 is 0 Å². The average molecular weight is 593 g/mol. The van der Waals surface area contributed by atoms with Crippen molar-refractivity contribution in [3.8, 4) is 0 Å². The number of allylic oxidation sites excluding steroid dienone is 6. The monoisotopic (exact) mass is 593 g/mol. The van der Waals surface area contributed by atoms with Gasteiger partial charge in [0.05, 0.1) is 0 Å². The minimum Gasteiger partial charge on any atom is -0.222 e. The van der Waals surface area contributed by atoms with Gasteiger partial charge in [0.2, 0.25) is 0 Å². The predicted octanol–water partition coefficient (Wildman–Crippen LogP) is 2.22. The fraction of sp³-hybridized carbons (Fsp3) is 0.129. The van der Waals surface area contributed by atoms with E-state index in [2.05, 4.69) is 141 Å². The third kappa shape index (κ3) is 6.87. The summed E-state index contributed by atoms with van der Waals surface area (Å²) in [5.74, 6) is 0. The number of hydrogen-bond donors (Lipinski definition) is 0. The Morgan fingerprint density at radius 3 is 1.71 bits per heavy atom. The fourth-order valence-electron chi connectivity index (χ4n) is 4.66. The van der Waals surface area contributed by atoms with Crippen LogP contribution in [0, 0.1) is 10.2 Å². The quantitative estimate of drug-likeness (QED) is 0.343. The minimum absolute atomic E-state index is 0.00783. The first-order chi connectivity index (χ1) is 18.0. The van der Waals surface area contributed by atoms with Crippen LogP contribution in [0.15, 0.2) is 121 Å². The van der Waals surface area contributed by atoms with E-state index in [1.54, 1.807) is 0 Å². The minimum atomic E-state index is -4.94. The van der Waals surface area contributed by atoms with Crippen LogP contribution in [0.2, 0.25) is 0 Å². The molecule has 38 heavy (non-hydrogen) atoms. The van der Waals surface area contributed by atoms with Gasteiger partial charge in [-0.3, -0.25) is 0 Å². The second kappa shape index (κ2) is 11.8. The molecule has 0 radical (unpaired) electrons. The molecule has 194 valence electrons. The standard InChI is InChI=1S/C31H28NSe.ClHO4/c1-31(2)26-18-10-11-19-27(26)32(3)30(31)20-12-13-23-21-28(24-14-6-4-7-15-24)33-29(22-23)25-16-8-5-9-17-25;2-1(3,4)5/h4-22H,1-3H3;(H,2,3,4,5)/q+1;/p-1/b20-12+;. The topological polar surface area (TPSA) is 95.2 Å². The molecule has 0 aromatic heterocycles. The summed E-state index contributed by atoms with van der Waals surface area (Å²) in [7, 11) is -2.77. The Hall–Kier alpha value is -3.06. The van der Waals surface area contributed by atoms with E-state index in [0.29, 0.717) is 0 Å². The van der Waals surface area contributed by atoms with Gasteiger partial charge in [0.25, 0.3) is 0 Å². The zero-order valence-corrected chi connectivity index (χ0v) is 23.8. The molecule has 3 aromatic rings. The Balaban J connectivity index is 0.000000617. The summed E-state index contributed by atoms with van der Waals surface area (Å²) in [6.45, 7) is 4.62. The third-order valence-corrected chi connectivity index (χ3v) is 8.82. The van der Waals surface area contributed by atoms with Crippen molar-refractivity contribution in [3.05, 3.63) is 138 Å². The van der Waals surface area contributed by atoms with E-state index in [1.807, 2.05) is 0 Å². The van der Waals surface area contributed by atoms with Crippen molar-refractivity contribution >= 4 is 35.3 Å². The number of nitrogens with zero attached hydrogens (tertiary/aromatic N) is 1. The SMILES string of the molecule is C[N+]1=C(/C=C/C=C2C=C(c3ccccc3)[Se]C(c3ccccc3)=C2)C(C)(C)c2ccccc21.[O-][Cl+3]([O-])([O-])[O-]. The van der Waals surface area contributed by atoms with Crippen molar-refractivity contribution in [2.24, 2.45) is 0 Å². The van der Waals surface area contributed by atoms with Gasteiger partial charge >= 0.3 is 204 Å². The molecule has 3 aromatic carbocycles. The van der Waals surface area contributed by atoms with E-state index < -0.39 is 10.2 Å². The number of para-hydroxylation sites is 1. The number of fused-ring (bicyclic) bond motifs is 1. The van der Waals surface area contributed by atoms with E-state index in [0.717, 1.165) is 0 Å². The van der Waals surface area contributed by atoms with Gasteiger partial charge in [0.1, 0.15) is 0 Å². The molecule has 0 unspecified atom stereocenters. The van der Waals surface area contributed by atoms with E-state index in [9.17, 15) is 0 Å². The molecule has 2 aliphatic heterocycles. The van der Waals surface area contributed by atoms with Crippen LogP contribution in [0.25, 0.3) is 8.94 Å². The van der Waals surface area contributed by atoms with E-state index in [1.165, 1.54) is 42.6 Å². The van der Waals surface area contributed by atoms with Crippen LogP contribution in [-0.2, 0) is 5.41 Å². The molecule has 0 N–H and O–H groups in total. The van der Waals surface area contributed by atoms with Crippen molar-refractivity contribution in [1.82, 2.24) is 0 Å². The summed E-state index contributed by atoms with van der Waals surface area (Å²) < 4.78 is 39.1. The number of hydrogen-bond acceptors (Lipinski definition) is 4. The number of halogens is 1. The van der Waals surface area contributed by atoms with Gasteiger partial charge in [-0.05, 0) is 0 Å². The van der Waals surface area contributed by atoms with Crippen LogP contribution in [0.3, 0.4) is 0 Å². The van der Waals surface area contributed by atoms with Gasteiger partial charge in [-0.1, -0.05) is 0 Å². The maximum Gasteiger partial charge on any atom is -0.112 e. The maximum atomic E-state index is 8.49. The van der Waals surface area contributed by atoms with Crippen LogP contribution in [-0.4, -0.2) is 32.3 Å². The molecular weight excluding hydrogens is 565 g/mol. The molecule has 5 nitrogen and oxygen atoms in total. The van der Waals surface area contributed by atoms with Gasteiger partial charge < -0.3 is 0 Å². The molecule has 7 heteroatoms. The van der Waals surface area contributed by atoms with Gasteiger partial charge in [0.15, 0.2) is 0 Å². The molecule has 0 spiro atoms. The predicted molar refractivity (Wildman–Crippen MR) is 142 cm³/mol. The first-order valence-electron chi connectivity index (χ1n) is 12.0. The Morgan fingerprint density at radius 1 is 0.737 bits per heavy atom. The van der Waals surface area contributed by atoms with E-state index in [4.69, 9.17) is 18.6 Å². The average Bonchev–Trinajstić information content (AvgIpc) is 3.09. The molecule has 0 aliphatic carbocycles. The van der Waals surface area contributed by atoms with E-state index in [-0.39, 0.29) is 20.4 Å². The van der Waals surface area contributed by atoms with Crippen LogP contribution < -0.4 is 18.6 Å². The van der Waals surface area contributed by atoms with E-state index >= 15 is 0 Å². The molecule has 0 fully saturated rings. The molecule has 0 amide bonds. The zero-order chi connectivity index (χ0) is 27.3. The third-order valence-electron chi connectivity index (χ3n) is 6.42. The van der Waals surface area contributed by atoms with Crippen molar-refractivity contribution in [2.45, 2.75) is 19.3 Å². The number of rotatable bonds is 4. The summed E-state index contributed by atoms with van der Waals surface area (Å²) in [4.78, 5) is 0. The molecule has 0 saturated carbocycles. The van der Waals surface area contributed by atoms with Crippen molar-refractivity contribution in [1.29, 1.82) is 0 Å². The Morgan fingerprint density at radius 2 is 1.21 bits per heavy atom. The second-order valence-corrected chi connectivity index (χ2v) is 12.4. The van der Waals surface area contributed by atoms with Gasteiger partial charge in [-0.2, -0.15) is 0 Å². The largest absolute Gasteiger partial charge is 0.222 e. The van der Waals surface area contributed by atoms with Crippen LogP contribution in [0.5, 0.6) is 0 Å². The Labute approximate surface area is 232 Å². The molecule has 0 bridgehead atoms. The molecule has 2 heterocycles. The summed E-state index contributed by atoms with van der Waals surface area (Å²) in [6, 6.07) is 30.3. The summed E-state index contributed by atoms with van der Waals surface area (Å²) in [5.41, 5.74) is 7.87. The smallest absolute Gasteiger partial charge is 0.112 e. The molecule has 0 atom stereocenters. The van der Waals surface area contributed by atoms with Crippen LogP contribution in [0.4, 0.5) is 5.69 Å². The fourth-order valence-corrected chi connectivity index (χ4v) is 7.04. The van der Waals surface area contributed by atoms with Gasteiger partial charge in [-0.15, -0.1) is 10.2 Å². The van der Waals surface area contributed by atoms with Gasteiger partial charge in [-0.25, -0.2) is 18.6 Å². The summed E-state index contributed by atoms with van der Waals surface area (Å²) in [6.07, 6.45) is 11.5. The zero-order valence-electron chi connectivity index (χ0n) is 21.3. The molecule has 0 saturated heterocycles. The van der Waals surface area contributed by atoms with Crippen LogP contribution in [0.1, 0.15) is 30.5 Å². The molecular formula is C31H28ClNO4Se. The normalized spacial score (nSPS) is 16.4. The Kier molecular flexibility index (Phi) is 8.66. The molecule has 5 rings (SSSR count). The van der Waals surface area contributed by atoms with Crippen molar-refractivity contribution < 1.29 is 33.5 Å². The Bertz CT molecular complexity index is 1390. The first kappa shape index (κ1) is 28.0. The summed E-state index contributed by atoms with van der Waals surface area (Å²) >= 11 is 0.272. The van der Waals surface area contributed by atoms with Gasteiger partial charge in [0, 0.05) is 0 Å². The molecule has 2 aliphatic rings. The summed E-state index contributed by atoms with van der Waals surface area (Å²) in [5, 5.41) is 0. The van der Waals surface area contributed by atoms with Crippen molar-refractivity contribution in [3.63, 3.8) is 0 Å². The van der Waals surface area contributed by atoms with Crippen molar-refractivity contribution in [2.75, 3.05) is 7.05 Å². The first-order valence-corrected chi connectivity index (χ1v) is 14.9. The maximum absolute atomic E-state index is 8.49. The number of benzene rings is 3.